The van der Waals surface area contributed by atoms with Crippen LogP contribution in [0.1, 0.15) is 31.0 Å². The summed E-state index contributed by atoms with van der Waals surface area (Å²) in [6.07, 6.45) is 0. The van der Waals surface area contributed by atoms with Gasteiger partial charge in [0.1, 0.15) is 0 Å². The van der Waals surface area contributed by atoms with E-state index in [0.717, 1.165) is 12.3 Å². The van der Waals surface area contributed by atoms with Crippen LogP contribution in [0.25, 0.3) is 0 Å². The average Bonchev–Trinajstić information content (AvgIpc) is 2.23. The van der Waals surface area contributed by atoms with Crippen LogP contribution < -0.4 is 5.32 Å². The van der Waals surface area contributed by atoms with Gasteiger partial charge in [0.25, 0.3) is 0 Å². The van der Waals surface area contributed by atoms with Crippen molar-refractivity contribution in [3.8, 4) is 0 Å². The molecule has 0 radical (unpaired) electrons. The van der Waals surface area contributed by atoms with Gasteiger partial charge in [0.2, 0.25) is 0 Å². The third-order valence-electron chi connectivity index (χ3n) is 2.84. The maximum absolute atomic E-state index is 3.58. The number of nitrogens with one attached hydrogen (secondary N) is 1. The molecular formula is C12H16BrNS. The lowest BCUT2D eigenvalue weighted by Crippen LogP contribution is -2.31. The van der Waals surface area contributed by atoms with E-state index >= 15 is 0 Å². The van der Waals surface area contributed by atoms with Gasteiger partial charge in [0.15, 0.2) is 0 Å². The lowest BCUT2D eigenvalue weighted by atomic mass is 9.98. The summed E-state index contributed by atoms with van der Waals surface area (Å²) in [4.78, 5) is 0. The van der Waals surface area contributed by atoms with Crippen molar-refractivity contribution in [2.75, 3.05) is 6.54 Å². The van der Waals surface area contributed by atoms with Crippen molar-refractivity contribution in [3.05, 3.63) is 33.8 Å². The zero-order chi connectivity index (χ0) is 10.8. The number of hydrogen-bond acceptors (Lipinski definition) is 2. The van der Waals surface area contributed by atoms with Gasteiger partial charge in [-0.15, -0.1) is 0 Å². The second kappa shape index (κ2) is 4.89. The van der Waals surface area contributed by atoms with Crippen molar-refractivity contribution >= 4 is 27.7 Å². The first-order chi connectivity index (χ1) is 7.22. The molecule has 0 amide bonds. The molecule has 0 fully saturated rings. The van der Waals surface area contributed by atoms with Gasteiger partial charge >= 0.3 is 0 Å². The second-order valence-corrected chi connectivity index (χ2v) is 6.18. The van der Waals surface area contributed by atoms with Crippen molar-refractivity contribution in [3.63, 3.8) is 0 Å². The number of rotatable bonds is 2. The molecule has 0 saturated heterocycles. The fourth-order valence-corrected chi connectivity index (χ4v) is 3.57. The highest BCUT2D eigenvalue weighted by molar-refractivity contribution is 9.10. The summed E-state index contributed by atoms with van der Waals surface area (Å²) >= 11 is 5.59. The molecule has 0 aromatic heterocycles. The van der Waals surface area contributed by atoms with Gasteiger partial charge in [-0.05, 0) is 29.8 Å². The van der Waals surface area contributed by atoms with Crippen LogP contribution in [-0.2, 0) is 5.75 Å². The van der Waals surface area contributed by atoms with E-state index in [-0.39, 0.29) is 0 Å². The Labute approximate surface area is 104 Å². The fourth-order valence-electron chi connectivity index (χ4n) is 2.05. The Morgan fingerprint density at radius 1 is 1.53 bits per heavy atom. The predicted octanol–water partition coefficient (Wildman–Crippen LogP) is 3.74. The molecule has 2 atom stereocenters. The molecule has 0 aliphatic carbocycles. The van der Waals surface area contributed by atoms with Crippen LogP contribution in [0.4, 0.5) is 0 Å². The summed E-state index contributed by atoms with van der Waals surface area (Å²) in [6.45, 7) is 5.51. The van der Waals surface area contributed by atoms with Crippen LogP contribution in [-0.4, -0.2) is 11.8 Å². The van der Waals surface area contributed by atoms with Gasteiger partial charge in [0, 0.05) is 21.5 Å². The highest BCUT2D eigenvalue weighted by Gasteiger charge is 2.26. The summed E-state index contributed by atoms with van der Waals surface area (Å²) in [5.41, 5.74) is 2.95. The van der Waals surface area contributed by atoms with Gasteiger partial charge < -0.3 is 5.32 Å². The minimum Gasteiger partial charge on any atom is -0.309 e. The van der Waals surface area contributed by atoms with Crippen LogP contribution in [0, 0.1) is 0 Å². The normalized spacial score (nSPS) is 25.0. The van der Waals surface area contributed by atoms with Crippen LogP contribution in [0.2, 0.25) is 0 Å². The molecule has 15 heavy (non-hydrogen) atoms. The second-order valence-electron chi connectivity index (χ2n) is 3.89. The highest BCUT2D eigenvalue weighted by atomic mass is 79.9. The van der Waals surface area contributed by atoms with E-state index in [1.54, 1.807) is 0 Å². The minimum absolute atomic E-state index is 0.501. The molecule has 3 heteroatoms. The first kappa shape index (κ1) is 11.5. The SMILES string of the molecule is CCNC1c2cc(Br)ccc2CSC1C. The Balaban J connectivity index is 2.36. The molecular weight excluding hydrogens is 270 g/mol. The van der Waals surface area contributed by atoms with Crippen LogP contribution >= 0.6 is 27.7 Å². The molecule has 1 aromatic rings. The molecule has 2 unspecified atom stereocenters. The molecule has 0 saturated carbocycles. The monoisotopic (exact) mass is 285 g/mol. The summed E-state index contributed by atoms with van der Waals surface area (Å²) < 4.78 is 1.18. The van der Waals surface area contributed by atoms with Gasteiger partial charge in [-0.2, -0.15) is 11.8 Å². The quantitative estimate of drug-likeness (QED) is 0.889. The number of fused-ring (bicyclic) bond motifs is 1. The van der Waals surface area contributed by atoms with Crippen molar-refractivity contribution in [2.45, 2.75) is 30.9 Å². The van der Waals surface area contributed by atoms with Gasteiger partial charge in [-0.3, -0.25) is 0 Å². The standard InChI is InChI=1S/C12H16BrNS/c1-3-14-12-8(2)15-7-9-4-5-10(13)6-11(9)12/h4-6,8,12,14H,3,7H2,1-2H3. The van der Waals surface area contributed by atoms with Crippen LogP contribution in [0.15, 0.2) is 22.7 Å². The summed E-state index contributed by atoms with van der Waals surface area (Å²) in [6, 6.07) is 7.14. The van der Waals surface area contributed by atoms with Crippen LogP contribution in [0.3, 0.4) is 0 Å². The van der Waals surface area contributed by atoms with E-state index in [9.17, 15) is 0 Å². The number of thioether (sulfide) groups is 1. The molecule has 1 aliphatic heterocycles. The third-order valence-corrected chi connectivity index (χ3v) is 4.61. The van der Waals surface area contributed by atoms with E-state index in [4.69, 9.17) is 0 Å². The smallest absolute Gasteiger partial charge is 0.0441 e. The Bertz CT molecular complexity index is 353. The van der Waals surface area contributed by atoms with Crippen molar-refractivity contribution in [1.82, 2.24) is 5.32 Å². The Kier molecular flexibility index (Phi) is 3.75. The summed E-state index contributed by atoms with van der Waals surface area (Å²) in [5.74, 6) is 1.14. The molecule has 1 aliphatic rings. The van der Waals surface area contributed by atoms with Gasteiger partial charge in [0.05, 0.1) is 0 Å². The number of benzene rings is 1. The zero-order valence-electron chi connectivity index (χ0n) is 9.09. The number of halogens is 1. The molecule has 0 bridgehead atoms. The maximum atomic E-state index is 3.58. The summed E-state index contributed by atoms with van der Waals surface area (Å²) in [7, 11) is 0. The summed E-state index contributed by atoms with van der Waals surface area (Å²) in [5, 5.41) is 4.23. The van der Waals surface area contributed by atoms with Gasteiger partial charge in [-0.25, -0.2) is 0 Å². The zero-order valence-corrected chi connectivity index (χ0v) is 11.5. The molecule has 82 valence electrons. The molecule has 1 nitrogen and oxygen atoms in total. The number of hydrogen-bond donors (Lipinski definition) is 1. The molecule has 1 heterocycles. The fraction of sp³-hybridized carbons (Fsp3) is 0.500. The molecule has 0 spiro atoms. The van der Waals surface area contributed by atoms with E-state index in [1.165, 1.54) is 15.6 Å². The first-order valence-corrected chi connectivity index (χ1v) is 7.20. The maximum Gasteiger partial charge on any atom is 0.0441 e. The predicted molar refractivity (Wildman–Crippen MR) is 71.3 cm³/mol. The van der Waals surface area contributed by atoms with E-state index < -0.39 is 0 Å². The van der Waals surface area contributed by atoms with E-state index in [1.807, 2.05) is 11.8 Å². The van der Waals surface area contributed by atoms with Crippen molar-refractivity contribution in [2.24, 2.45) is 0 Å². The van der Waals surface area contributed by atoms with E-state index in [0.29, 0.717) is 11.3 Å². The Morgan fingerprint density at radius 3 is 3.07 bits per heavy atom. The Hall–Kier alpha value is 0.01000. The third kappa shape index (κ3) is 2.40. The minimum atomic E-state index is 0.501. The lowest BCUT2D eigenvalue weighted by Gasteiger charge is -2.31. The Morgan fingerprint density at radius 2 is 2.33 bits per heavy atom. The largest absolute Gasteiger partial charge is 0.309 e. The lowest BCUT2D eigenvalue weighted by molar-refractivity contribution is 0.539. The van der Waals surface area contributed by atoms with E-state index in [2.05, 4.69) is 53.3 Å². The highest BCUT2D eigenvalue weighted by Crippen LogP contribution is 2.38. The van der Waals surface area contributed by atoms with Crippen molar-refractivity contribution in [1.29, 1.82) is 0 Å². The topological polar surface area (TPSA) is 12.0 Å². The molecule has 1 N–H and O–H groups in total. The first-order valence-electron chi connectivity index (χ1n) is 5.35. The van der Waals surface area contributed by atoms with Crippen molar-refractivity contribution < 1.29 is 0 Å². The molecule has 1 aromatic carbocycles. The average molecular weight is 286 g/mol. The van der Waals surface area contributed by atoms with Gasteiger partial charge in [-0.1, -0.05) is 35.8 Å². The van der Waals surface area contributed by atoms with Crippen LogP contribution in [0.5, 0.6) is 0 Å². The molecule has 2 rings (SSSR count).